The normalized spacial score (nSPS) is 22.7. The molecule has 1 amide bonds. The number of carboxylic acid groups (broad SMARTS) is 1. The molecule has 0 aromatic heterocycles. The second-order valence-corrected chi connectivity index (χ2v) is 8.72. The number of carbonyl (C=O) groups is 2. The molecule has 2 aromatic carbocycles. The first-order valence-electron chi connectivity index (χ1n) is 11.1. The summed E-state index contributed by atoms with van der Waals surface area (Å²) in [4.78, 5) is 35.8. The van der Waals surface area contributed by atoms with Crippen LogP contribution in [0.3, 0.4) is 0 Å². The molecule has 0 spiro atoms. The Labute approximate surface area is 200 Å². The molecule has 9 nitrogen and oxygen atoms in total. The smallest absolute Gasteiger partial charge is 0.322 e. The van der Waals surface area contributed by atoms with E-state index in [0.29, 0.717) is 5.56 Å². The van der Waals surface area contributed by atoms with E-state index < -0.39 is 71.7 Å². The highest BCUT2D eigenvalue weighted by molar-refractivity contribution is 5.86. The van der Waals surface area contributed by atoms with Crippen LogP contribution in [-0.4, -0.2) is 46.6 Å². The third kappa shape index (κ3) is 5.98. The molecule has 1 aliphatic rings. The first kappa shape index (κ1) is 26.2. The summed E-state index contributed by atoms with van der Waals surface area (Å²) in [5.41, 5.74) is 0.239. The topological polar surface area (TPSA) is 131 Å². The minimum absolute atomic E-state index is 0.326. The Morgan fingerprint density at radius 1 is 1.14 bits per heavy atom. The fraction of sp³-hybridized carbons (Fsp3) is 0.417. The van der Waals surface area contributed by atoms with Gasteiger partial charge in [-0.2, -0.15) is 0 Å². The molecule has 1 heterocycles. The van der Waals surface area contributed by atoms with E-state index in [9.17, 15) is 28.5 Å². The fourth-order valence-corrected chi connectivity index (χ4v) is 4.54. The van der Waals surface area contributed by atoms with Gasteiger partial charge in [-0.3, -0.25) is 25.0 Å². The SMILES string of the molecule is CC(C)[C@H](OCc1c(F)cccc1F)C1C(C(=O)NCC(=O)O)NC(c2ccccc2)C1[N+](=O)[O-]. The molecule has 3 N–H and O–H groups in total. The van der Waals surface area contributed by atoms with Crippen LogP contribution in [0.2, 0.25) is 0 Å². The van der Waals surface area contributed by atoms with Gasteiger partial charge in [0.25, 0.3) is 0 Å². The average molecular weight is 491 g/mol. The molecule has 0 bridgehead atoms. The number of rotatable bonds is 10. The average Bonchev–Trinajstić information content (AvgIpc) is 3.20. The van der Waals surface area contributed by atoms with E-state index >= 15 is 0 Å². The van der Waals surface area contributed by atoms with E-state index in [-0.39, 0.29) is 11.5 Å². The lowest BCUT2D eigenvalue weighted by Gasteiger charge is -2.31. The summed E-state index contributed by atoms with van der Waals surface area (Å²) >= 11 is 0. The number of carbonyl (C=O) groups excluding carboxylic acids is 1. The zero-order valence-electron chi connectivity index (χ0n) is 19.2. The second kappa shape index (κ2) is 11.3. The van der Waals surface area contributed by atoms with Gasteiger partial charge in [-0.1, -0.05) is 50.2 Å². The third-order valence-corrected chi connectivity index (χ3v) is 6.10. The molecule has 0 aliphatic carbocycles. The fourth-order valence-electron chi connectivity index (χ4n) is 4.54. The molecule has 1 saturated heterocycles. The highest BCUT2D eigenvalue weighted by Crippen LogP contribution is 2.39. The van der Waals surface area contributed by atoms with Crippen LogP contribution in [0.1, 0.15) is 31.0 Å². The summed E-state index contributed by atoms with van der Waals surface area (Å²) < 4.78 is 34.3. The van der Waals surface area contributed by atoms with Crippen molar-refractivity contribution in [1.29, 1.82) is 0 Å². The first-order chi connectivity index (χ1) is 16.6. The highest BCUT2D eigenvalue weighted by Gasteiger charge is 2.57. The van der Waals surface area contributed by atoms with Crippen molar-refractivity contribution in [2.75, 3.05) is 6.54 Å². The highest BCUT2D eigenvalue weighted by atomic mass is 19.1. The molecule has 35 heavy (non-hydrogen) atoms. The summed E-state index contributed by atoms with van der Waals surface area (Å²) in [6.45, 7) is 2.28. The molecule has 3 rings (SSSR count). The van der Waals surface area contributed by atoms with Crippen molar-refractivity contribution in [2.45, 2.75) is 44.7 Å². The number of carboxylic acids is 1. The molecule has 5 atom stereocenters. The number of aliphatic carboxylic acids is 1. The van der Waals surface area contributed by atoms with Gasteiger partial charge in [0.05, 0.1) is 24.7 Å². The van der Waals surface area contributed by atoms with Crippen molar-refractivity contribution < 1.29 is 33.1 Å². The van der Waals surface area contributed by atoms with Crippen molar-refractivity contribution in [3.05, 3.63) is 81.4 Å². The van der Waals surface area contributed by atoms with Crippen molar-refractivity contribution >= 4 is 11.9 Å². The predicted molar refractivity (Wildman–Crippen MR) is 121 cm³/mol. The number of nitrogens with one attached hydrogen (secondary N) is 2. The van der Waals surface area contributed by atoms with Gasteiger partial charge in [-0.15, -0.1) is 0 Å². The number of hydrogen-bond donors (Lipinski definition) is 3. The van der Waals surface area contributed by atoms with E-state index in [4.69, 9.17) is 9.84 Å². The van der Waals surface area contributed by atoms with E-state index in [1.54, 1.807) is 44.2 Å². The molecule has 1 fully saturated rings. The van der Waals surface area contributed by atoms with Gasteiger partial charge in [0.1, 0.15) is 24.2 Å². The van der Waals surface area contributed by atoms with Gasteiger partial charge in [-0.05, 0) is 23.6 Å². The number of amides is 1. The van der Waals surface area contributed by atoms with Gasteiger partial charge in [0.2, 0.25) is 11.9 Å². The Kier molecular flexibility index (Phi) is 8.47. The largest absolute Gasteiger partial charge is 0.480 e. The predicted octanol–water partition coefficient (Wildman–Crippen LogP) is 2.68. The first-order valence-corrected chi connectivity index (χ1v) is 11.1. The van der Waals surface area contributed by atoms with Crippen LogP contribution in [0.25, 0.3) is 0 Å². The molecule has 188 valence electrons. The van der Waals surface area contributed by atoms with E-state index in [2.05, 4.69) is 10.6 Å². The van der Waals surface area contributed by atoms with Gasteiger partial charge >= 0.3 is 5.97 Å². The molecular weight excluding hydrogens is 464 g/mol. The van der Waals surface area contributed by atoms with Crippen molar-refractivity contribution in [1.82, 2.24) is 10.6 Å². The molecule has 11 heteroatoms. The molecule has 0 radical (unpaired) electrons. The standard InChI is InChI=1S/C24H27F2N3O6/c1-13(2)23(35-12-15-16(25)9-6-10-17(15)26)19-21(24(32)27-11-18(30)31)28-20(22(19)29(33)34)14-7-4-3-5-8-14/h3-10,13,19-23,28H,11-12H2,1-2H3,(H,27,32)(H,30,31)/t19?,20?,21?,22?,23-/m0/s1. The summed E-state index contributed by atoms with van der Waals surface area (Å²) in [5, 5.41) is 26.5. The Morgan fingerprint density at radius 2 is 1.77 bits per heavy atom. The minimum atomic E-state index is -1.34. The molecule has 1 aliphatic heterocycles. The van der Waals surface area contributed by atoms with Crippen LogP contribution in [0.5, 0.6) is 0 Å². The maximum Gasteiger partial charge on any atom is 0.322 e. The quantitative estimate of drug-likeness (QED) is 0.344. The summed E-state index contributed by atoms with van der Waals surface area (Å²) in [7, 11) is 0. The maximum atomic E-state index is 14.2. The summed E-state index contributed by atoms with van der Waals surface area (Å²) in [6, 6.07) is 8.49. The van der Waals surface area contributed by atoms with Crippen LogP contribution < -0.4 is 10.6 Å². The van der Waals surface area contributed by atoms with Crippen LogP contribution >= 0.6 is 0 Å². The van der Waals surface area contributed by atoms with Gasteiger partial charge in [-0.25, -0.2) is 8.78 Å². The van der Waals surface area contributed by atoms with E-state index in [1.807, 2.05) is 0 Å². The number of benzene rings is 2. The number of halogens is 2. The van der Waals surface area contributed by atoms with Crippen molar-refractivity contribution in [2.24, 2.45) is 11.8 Å². The number of nitro groups is 1. The Balaban J connectivity index is 1.99. The second-order valence-electron chi connectivity index (χ2n) is 8.72. The van der Waals surface area contributed by atoms with Crippen molar-refractivity contribution in [3.8, 4) is 0 Å². The number of hydrogen-bond acceptors (Lipinski definition) is 6. The monoisotopic (exact) mass is 491 g/mol. The van der Waals surface area contributed by atoms with Gasteiger partial charge < -0.3 is 15.2 Å². The lowest BCUT2D eigenvalue weighted by molar-refractivity contribution is -0.535. The molecule has 2 aromatic rings. The van der Waals surface area contributed by atoms with Crippen LogP contribution in [0.4, 0.5) is 8.78 Å². The zero-order valence-corrected chi connectivity index (χ0v) is 19.2. The lowest BCUT2D eigenvalue weighted by Crippen LogP contribution is -2.51. The number of nitrogens with zero attached hydrogens (tertiary/aromatic N) is 1. The zero-order chi connectivity index (χ0) is 25.7. The van der Waals surface area contributed by atoms with E-state index in [0.717, 1.165) is 12.1 Å². The minimum Gasteiger partial charge on any atom is -0.480 e. The van der Waals surface area contributed by atoms with Crippen LogP contribution in [0.15, 0.2) is 48.5 Å². The Hall–Kier alpha value is -3.44. The van der Waals surface area contributed by atoms with Gasteiger partial charge in [0, 0.05) is 10.5 Å². The third-order valence-electron chi connectivity index (χ3n) is 6.10. The summed E-state index contributed by atoms with van der Waals surface area (Å²) in [5.74, 6) is -5.11. The lowest BCUT2D eigenvalue weighted by atomic mass is 9.82. The molecular formula is C24H27F2N3O6. The Morgan fingerprint density at radius 3 is 2.31 bits per heavy atom. The maximum absolute atomic E-state index is 14.2. The van der Waals surface area contributed by atoms with Gasteiger partial charge in [0.15, 0.2) is 0 Å². The molecule has 0 saturated carbocycles. The van der Waals surface area contributed by atoms with Crippen LogP contribution in [0, 0.1) is 33.6 Å². The Bertz CT molecular complexity index is 1050. The molecule has 4 unspecified atom stereocenters. The summed E-state index contributed by atoms with van der Waals surface area (Å²) in [6.07, 6.45) is -0.966. The number of ether oxygens (including phenoxy) is 1. The van der Waals surface area contributed by atoms with Crippen molar-refractivity contribution in [3.63, 3.8) is 0 Å². The van der Waals surface area contributed by atoms with E-state index in [1.165, 1.54) is 6.07 Å². The van der Waals surface area contributed by atoms with Crippen LogP contribution in [-0.2, 0) is 20.9 Å².